The van der Waals surface area contributed by atoms with Crippen molar-refractivity contribution in [1.82, 2.24) is 0 Å². The largest absolute Gasteiger partial charge is 0.481 e. The normalized spacial score (nSPS) is 34.0. The van der Waals surface area contributed by atoms with Gasteiger partial charge in [-0.15, -0.1) is 6.58 Å². The molecule has 0 saturated heterocycles. The third-order valence-corrected chi connectivity index (χ3v) is 6.47. The summed E-state index contributed by atoms with van der Waals surface area (Å²) in [6.07, 6.45) is 16.2. The molecular formula is C20H34O2. The summed E-state index contributed by atoms with van der Waals surface area (Å²) < 4.78 is 0. The lowest BCUT2D eigenvalue weighted by molar-refractivity contribution is -0.142. The molecule has 0 amide bonds. The molecule has 22 heavy (non-hydrogen) atoms. The number of carboxylic acids is 1. The molecule has 2 rings (SSSR count). The average Bonchev–Trinajstić information content (AvgIpc) is 2.55. The van der Waals surface area contributed by atoms with Gasteiger partial charge in [0.15, 0.2) is 0 Å². The SMILES string of the molecule is C=CC(C(=O)O)C1CCC(CC[C@H]2CC[C@H](CC)CC2)CC1. The van der Waals surface area contributed by atoms with Crippen LogP contribution in [0.25, 0.3) is 0 Å². The molecule has 126 valence electrons. The molecule has 2 nitrogen and oxygen atoms in total. The molecule has 2 aliphatic carbocycles. The first kappa shape index (κ1) is 17.6. The van der Waals surface area contributed by atoms with E-state index in [2.05, 4.69) is 13.5 Å². The second-order valence-electron chi connectivity index (χ2n) is 7.75. The maximum absolute atomic E-state index is 11.2. The summed E-state index contributed by atoms with van der Waals surface area (Å²) in [5, 5.41) is 9.24. The Labute approximate surface area is 136 Å². The minimum Gasteiger partial charge on any atom is -0.481 e. The highest BCUT2D eigenvalue weighted by Gasteiger charge is 2.30. The van der Waals surface area contributed by atoms with Crippen molar-refractivity contribution in [2.24, 2.45) is 29.6 Å². The first-order valence-corrected chi connectivity index (χ1v) is 9.49. The molecule has 1 unspecified atom stereocenters. The summed E-state index contributed by atoms with van der Waals surface area (Å²) in [5.74, 6) is 2.13. The van der Waals surface area contributed by atoms with E-state index in [4.69, 9.17) is 0 Å². The topological polar surface area (TPSA) is 37.3 Å². The lowest BCUT2D eigenvalue weighted by atomic mass is 9.72. The number of hydrogen-bond acceptors (Lipinski definition) is 1. The Morgan fingerprint density at radius 2 is 1.45 bits per heavy atom. The van der Waals surface area contributed by atoms with Gasteiger partial charge < -0.3 is 5.11 Å². The molecular weight excluding hydrogens is 272 g/mol. The Kier molecular flexibility index (Phi) is 6.98. The lowest BCUT2D eigenvalue weighted by Gasteiger charge is -2.33. The van der Waals surface area contributed by atoms with Crippen molar-refractivity contribution >= 4 is 5.97 Å². The van der Waals surface area contributed by atoms with Crippen molar-refractivity contribution in [3.05, 3.63) is 12.7 Å². The standard InChI is InChI=1S/C20H34O2/c1-3-15-5-7-16(8-6-15)9-10-17-11-13-18(14-12-17)19(4-2)20(21)22/h4,15-19H,2-3,5-14H2,1H3,(H,21,22)/t15-,16-,17?,18?,19?. The highest BCUT2D eigenvalue weighted by molar-refractivity contribution is 5.72. The minimum absolute atomic E-state index is 0.325. The van der Waals surface area contributed by atoms with Crippen LogP contribution >= 0.6 is 0 Å². The van der Waals surface area contributed by atoms with Gasteiger partial charge in [0.25, 0.3) is 0 Å². The summed E-state index contributed by atoms with van der Waals surface area (Å²) in [7, 11) is 0. The molecule has 1 N–H and O–H groups in total. The summed E-state index contributed by atoms with van der Waals surface area (Å²) in [4.78, 5) is 11.2. The van der Waals surface area contributed by atoms with Crippen LogP contribution in [-0.2, 0) is 4.79 Å². The summed E-state index contributed by atoms with van der Waals surface area (Å²) in [5.41, 5.74) is 0. The monoisotopic (exact) mass is 306 g/mol. The van der Waals surface area contributed by atoms with Gasteiger partial charge in [-0.3, -0.25) is 4.79 Å². The van der Waals surface area contributed by atoms with Crippen LogP contribution in [0.1, 0.15) is 77.6 Å². The van der Waals surface area contributed by atoms with Crippen molar-refractivity contribution in [3.63, 3.8) is 0 Å². The van der Waals surface area contributed by atoms with Crippen LogP contribution in [0.5, 0.6) is 0 Å². The Hall–Kier alpha value is -0.790. The third-order valence-electron chi connectivity index (χ3n) is 6.47. The molecule has 0 aromatic carbocycles. The number of aliphatic carboxylic acids is 1. The summed E-state index contributed by atoms with van der Waals surface area (Å²) >= 11 is 0. The van der Waals surface area contributed by atoms with E-state index in [1.54, 1.807) is 6.08 Å². The van der Waals surface area contributed by atoms with E-state index < -0.39 is 5.97 Å². The van der Waals surface area contributed by atoms with Crippen LogP contribution in [0.15, 0.2) is 12.7 Å². The Balaban J connectivity index is 1.65. The summed E-state index contributed by atoms with van der Waals surface area (Å²) in [6.45, 7) is 6.04. The fraction of sp³-hybridized carbons (Fsp3) is 0.850. The predicted octanol–water partition coefficient (Wildman–Crippen LogP) is 5.68. The number of hydrogen-bond donors (Lipinski definition) is 1. The lowest BCUT2D eigenvalue weighted by Crippen LogP contribution is -2.26. The van der Waals surface area contributed by atoms with Gasteiger partial charge in [-0.25, -0.2) is 0 Å². The minimum atomic E-state index is -0.689. The zero-order valence-electron chi connectivity index (χ0n) is 14.3. The molecule has 2 aliphatic rings. The maximum atomic E-state index is 11.2. The smallest absolute Gasteiger partial charge is 0.310 e. The van der Waals surface area contributed by atoms with E-state index in [1.807, 2.05) is 0 Å². The molecule has 2 saturated carbocycles. The fourth-order valence-electron chi connectivity index (χ4n) is 4.73. The molecule has 2 heteroatoms. The molecule has 0 bridgehead atoms. The van der Waals surface area contributed by atoms with Crippen LogP contribution in [0, 0.1) is 29.6 Å². The van der Waals surface area contributed by atoms with Gasteiger partial charge in [0.05, 0.1) is 5.92 Å². The zero-order valence-corrected chi connectivity index (χ0v) is 14.3. The highest BCUT2D eigenvalue weighted by atomic mass is 16.4. The van der Waals surface area contributed by atoms with Crippen molar-refractivity contribution in [1.29, 1.82) is 0 Å². The zero-order chi connectivity index (χ0) is 15.9. The molecule has 0 heterocycles. The van der Waals surface area contributed by atoms with E-state index in [0.717, 1.165) is 30.6 Å². The maximum Gasteiger partial charge on any atom is 0.310 e. The third kappa shape index (κ3) is 4.86. The van der Waals surface area contributed by atoms with Crippen molar-refractivity contribution in [2.45, 2.75) is 77.6 Å². The van der Waals surface area contributed by atoms with Gasteiger partial charge in [-0.2, -0.15) is 0 Å². The second kappa shape index (κ2) is 8.74. The van der Waals surface area contributed by atoms with E-state index in [1.165, 1.54) is 57.8 Å². The van der Waals surface area contributed by atoms with Gasteiger partial charge in [0.2, 0.25) is 0 Å². The Bertz CT molecular complexity index is 347. The van der Waals surface area contributed by atoms with Gasteiger partial charge >= 0.3 is 5.97 Å². The number of carbonyl (C=O) groups is 1. The molecule has 2 fully saturated rings. The van der Waals surface area contributed by atoms with Crippen LogP contribution in [0.3, 0.4) is 0 Å². The van der Waals surface area contributed by atoms with Crippen molar-refractivity contribution in [2.75, 3.05) is 0 Å². The van der Waals surface area contributed by atoms with E-state index in [0.29, 0.717) is 5.92 Å². The van der Waals surface area contributed by atoms with Gasteiger partial charge in [-0.1, -0.05) is 70.8 Å². The van der Waals surface area contributed by atoms with Gasteiger partial charge in [-0.05, 0) is 36.5 Å². The van der Waals surface area contributed by atoms with Gasteiger partial charge in [0, 0.05) is 0 Å². The van der Waals surface area contributed by atoms with Crippen LogP contribution in [-0.4, -0.2) is 11.1 Å². The highest BCUT2D eigenvalue weighted by Crippen LogP contribution is 2.39. The van der Waals surface area contributed by atoms with Crippen LogP contribution < -0.4 is 0 Å². The quantitative estimate of drug-likeness (QED) is 0.615. The second-order valence-corrected chi connectivity index (χ2v) is 7.75. The molecule has 0 radical (unpaired) electrons. The molecule has 0 spiro atoms. The number of rotatable bonds is 7. The van der Waals surface area contributed by atoms with Crippen LogP contribution in [0.2, 0.25) is 0 Å². The van der Waals surface area contributed by atoms with Crippen molar-refractivity contribution < 1.29 is 9.90 Å². The molecule has 0 aliphatic heterocycles. The van der Waals surface area contributed by atoms with Gasteiger partial charge in [0.1, 0.15) is 0 Å². The van der Waals surface area contributed by atoms with E-state index in [9.17, 15) is 9.90 Å². The van der Waals surface area contributed by atoms with E-state index in [-0.39, 0.29) is 5.92 Å². The fourth-order valence-corrected chi connectivity index (χ4v) is 4.73. The van der Waals surface area contributed by atoms with Crippen molar-refractivity contribution in [3.8, 4) is 0 Å². The number of carboxylic acid groups (broad SMARTS) is 1. The Morgan fingerprint density at radius 1 is 1.00 bits per heavy atom. The first-order valence-electron chi connectivity index (χ1n) is 9.49. The first-order chi connectivity index (χ1) is 10.6. The Morgan fingerprint density at radius 3 is 1.86 bits per heavy atom. The van der Waals surface area contributed by atoms with E-state index >= 15 is 0 Å². The average molecular weight is 306 g/mol. The molecule has 0 aromatic heterocycles. The molecule has 0 aromatic rings. The molecule has 1 atom stereocenters. The predicted molar refractivity (Wildman–Crippen MR) is 91.7 cm³/mol. The summed E-state index contributed by atoms with van der Waals surface area (Å²) in [6, 6.07) is 0. The van der Waals surface area contributed by atoms with Crippen LogP contribution in [0.4, 0.5) is 0 Å².